The van der Waals surface area contributed by atoms with Gasteiger partial charge >= 0.3 is 0 Å². The zero-order valence-electron chi connectivity index (χ0n) is 12.2. The van der Waals surface area contributed by atoms with Crippen molar-refractivity contribution >= 4 is 16.6 Å². The highest BCUT2D eigenvalue weighted by atomic mass is 16.5. The SMILES string of the molecule is COc1cc(CN2C(=N)C=CNC2N)c2ccccc2c1O. The fourth-order valence-electron chi connectivity index (χ4n) is 2.62. The highest BCUT2D eigenvalue weighted by molar-refractivity contribution is 5.94. The van der Waals surface area contributed by atoms with E-state index in [1.807, 2.05) is 24.3 Å². The molecule has 2 aromatic rings. The van der Waals surface area contributed by atoms with Crippen molar-refractivity contribution in [1.82, 2.24) is 10.2 Å². The number of rotatable bonds is 3. The third kappa shape index (κ3) is 2.33. The monoisotopic (exact) mass is 298 g/mol. The van der Waals surface area contributed by atoms with Crippen molar-refractivity contribution in [3.05, 3.63) is 48.2 Å². The van der Waals surface area contributed by atoms with Crippen molar-refractivity contribution < 1.29 is 9.84 Å². The van der Waals surface area contributed by atoms with E-state index in [0.717, 1.165) is 16.3 Å². The molecule has 2 aromatic carbocycles. The lowest BCUT2D eigenvalue weighted by molar-refractivity contribution is 0.277. The molecular formula is C16H18N4O2. The number of hydrogen-bond donors (Lipinski definition) is 4. The molecule has 114 valence electrons. The van der Waals surface area contributed by atoms with Gasteiger partial charge in [-0.1, -0.05) is 24.3 Å². The van der Waals surface area contributed by atoms with Gasteiger partial charge in [-0.25, -0.2) is 0 Å². The van der Waals surface area contributed by atoms with Crippen molar-refractivity contribution in [1.29, 1.82) is 5.41 Å². The first-order chi connectivity index (χ1) is 10.6. The largest absolute Gasteiger partial charge is 0.504 e. The minimum Gasteiger partial charge on any atom is -0.504 e. The van der Waals surface area contributed by atoms with E-state index in [2.05, 4.69) is 5.32 Å². The molecule has 0 spiro atoms. The van der Waals surface area contributed by atoms with Crippen LogP contribution in [0.4, 0.5) is 0 Å². The molecule has 0 saturated heterocycles. The van der Waals surface area contributed by atoms with Gasteiger partial charge in [0.2, 0.25) is 0 Å². The van der Waals surface area contributed by atoms with Crippen molar-refractivity contribution in [2.24, 2.45) is 5.73 Å². The molecule has 3 rings (SSSR count). The van der Waals surface area contributed by atoms with Crippen molar-refractivity contribution in [3.63, 3.8) is 0 Å². The molecule has 1 heterocycles. The molecule has 0 fully saturated rings. The molecule has 5 N–H and O–H groups in total. The zero-order valence-corrected chi connectivity index (χ0v) is 12.2. The number of nitrogens with one attached hydrogen (secondary N) is 2. The summed E-state index contributed by atoms with van der Waals surface area (Å²) in [4.78, 5) is 1.73. The number of ether oxygens (including phenoxy) is 1. The first-order valence-corrected chi connectivity index (χ1v) is 6.92. The van der Waals surface area contributed by atoms with E-state index in [-0.39, 0.29) is 5.75 Å². The summed E-state index contributed by atoms with van der Waals surface area (Å²) in [5.74, 6) is 0.870. The van der Waals surface area contributed by atoms with Crippen LogP contribution in [-0.2, 0) is 6.54 Å². The minimum absolute atomic E-state index is 0.123. The van der Waals surface area contributed by atoms with Crippen LogP contribution < -0.4 is 15.8 Å². The molecule has 6 heteroatoms. The van der Waals surface area contributed by atoms with Crippen LogP contribution in [0.1, 0.15) is 5.56 Å². The van der Waals surface area contributed by atoms with Gasteiger partial charge in [-0.3, -0.25) is 11.1 Å². The number of nitrogens with zero attached hydrogens (tertiary/aromatic N) is 1. The Balaban J connectivity index is 2.08. The van der Waals surface area contributed by atoms with Crippen LogP contribution in [0, 0.1) is 5.41 Å². The Morgan fingerprint density at radius 2 is 2.09 bits per heavy atom. The Morgan fingerprint density at radius 1 is 1.36 bits per heavy atom. The van der Waals surface area contributed by atoms with Gasteiger partial charge in [0.1, 0.15) is 5.84 Å². The number of hydrogen-bond acceptors (Lipinski definition) is 5. The topological polar surface area (TPSA) is 94.6 Å². The summed E-state index contributed by atoms with van der Waals surface area (Å²) in [7, 11) is 1.52. The maximum absolute atomic E-state index is 10.3. The van der Waals surface area contributed by atoms with Gasteiger partial charge < -0.3 is 20.1 Å². The van der Waals surface area contributed by atoms with Crippen LogP contribution >= 0.6 is 0 Å². The molecule has 1 atom stereocenters. The van der Waals surface area contributed by atoms with E-state index in [1.54, 1.807) is 23.2 Å². The van der Waals surface area contributed by atoms with Crippen LogP contribution in [-0.4, -0.2) is 29.2 Å². The molecule has 1 unspecified atom stereocenters. The standard InChI is InChI=1S/C16H18N4O2/c1-22-13-8-10(9-20-14(17)6-7-19-16(20)18)11-4-2-3-5-12(11)15(13)21/h2-8,16-17,19,21H,9,18H2,1H3. The predicted molar refractivity (Wildman–Crippen MR) is 85.7 cm³/mol. The maximum atomic E-state index is 10.3. The van der Waals surface area contributed by atoms with Crippen LogP contribution in [0.5, 0.6) is 11.5 Å². The molecule has 22 heavy (non-hydrogen) atoms. The van der Waals surface area contributed by atoms with E-state index in [1.165, 1.54) is 7.11 Å². The van der Waals surface area contributed by atoms with E-state index in [9.17, 15) is 5.11 Å². The average Bonchev–Trinajstić information content (AvgIpc) is 2.53. The number of phenolic OH excluding ortho intramolecular Hbond substituents is 1. The second-order valence-corrected chi connectivity index (χ2v) is 5.09. The molecular weight excluding hydrogens is 280 g/mol. The fourth-order valence-corrected chi connectivity index (χ4v) is 2.62. The van der Waals surface area contributed by atoms with Crippen LogP contribution in [0.2, 0.25) is 0 Å². The molecule has 0 aliphatic carbocycles. The first-order valence-electron chi connectivity index (χ1n) is 6.92. The van der Waals surface area contributed by atoms with E-state index in [0.29, 0.717) is 18.1 Å². The lowest BCUT2D eigenvalue weighted by Crippen LogP contribution is -2.54. The molecule has 0 bridgehead atoms. The smallest absolute Gasteiger partial charge is 0.165 e. The summed E-state index contributed by atoms with van der Waals surface area (Å²) < 4.78 is 5.25. The number of nitrogens with two attached hydrogens (primary N) is 1. The van der Waals surface area contributed by atoms with Gasteiger partial charge in [0.25, 0.3) is 0 Å². The Hall–Kier alpha value is -2.73. The van der Waals surface area contributed by atoms with Crippen molar-refractivity contribution in [2.75, 3.05) is 7.11 Å². The van der Waals surface area contributed by atoms with Crippen LogP contribution in [0.25, 0.3) is 10.8 Å². The van der Waals surface area contributed by atoms with E-state index < -0.39 is 6.29 Å². The lowest BCUT2D eigenvalue weighted by Gasteiger charge is -2.33. The first kappa shape index (κ1) is 14.2. The van der Waals surface area contributed by atoms with Crippen LogP contribution in [0.15, 0.2) is 42.6 Å². The summed E-state index contributed by atoms with van der Waals surface area (Å²) in [5, 5.41) is 22.9. The number of methoxy groups -OCH3 is 1. The number of aromatic hydroxyl groups is 1. The normalized spacial score (nSPS) is 17.6. The minimum atomic E-state index is -0.462. The summed E-state index contributed by atoms with van der Waals surface area (Å²) >= 11 is 0. The Bertz CT molecular complexity index is 757. The van der Waals surface area contributed by atoms with Crippen molar-refractivity contribution in [3.8, 4) is 11.5 Å². The number of amidine groups is 1. The molecule has 0 amide bonds. The molecule has 1 aliphatic heterocycles. The summed E-state index contributed by atoms with van der Waals surface area (Å²) in [5.41, 5.74) is 6.94. The Labute approximate surface area is 128 Å². The molecule has 0 aromatic heterocycles. The van der Waals surface area contributed by atoms with Crippen LogP contribution in [0.3, 0.4) is 0 Å². The predicted octanol–water partition coefficient (Wildman–Crippen LogP) is 1.69. The highest BCUT2D eigenvalue weighted by Crippen LogP contribution is 2.37. The van der Waals surface area contributed by atoms with E-state index >= 15 is 0 Å². The fraction of sp³-hybridized carbons (Fsp3) is 0.188. The van der Waals surface area contributed by atoms with E-state index in [4.69, 9.17) is 15.9 Å². The van der Waals surface area contributed by atoms with Gasteiger partial charge in [-0.05, 0) is 23.1 Å². The number of fused-ring (bicyclic) bond motifs is 1. The quantitative estimate of drug-likeness (QED) is 0.692. The Morgan fingerprint density at radius 3 is 2.77 bits per heavy atom. The summed E-state index contributed by atoms with van der Waals surface area (Å²) in [6.45, 7) is 0.439. The van der Waals surface area contributed by atoms with Crippen molar-refractivity contribution in [2.45, 2.75) is 12.8 Å². The summed E-state index contributed by atoms with van der Waals surface area (Å²) in [6.07, 6.45) is 2.86. The lowest BCUT2D eigenvalue weighted by atomic mass is 10.0. The van der Waals surface area contributed by atoms with Gasteiger partial charge in [-0.15, -0.1) is 0 Å². The van der Waals surface area contributed by atoms with Gasteiger partial charge in [-0.2, -0.15) is 0 Å². The van der Waals surface area contributed by atoms with Gasteiger partial charge in [0.15, 0.2) is 17.8 Å². The molecule has 1 aliphatic rings. The Kier molecular flexibility index (Phi) is 3.60. The molecule has 0 radical (unpaired) electrons. The number of phenols is 1. The maximum Gasteiger partial charge on any atom is 0.165 e. The highest BCUT2D eigenvalue weighted by Gasteiger charge is 2.21. The molecule has 0 saturated carbocycles. The number of benzene rings is 2. The zero-order chi connectivity index (χ0) is 15.7. The second kappa shape index (κ2) is 5.57. The third-order valence-electron chi connectivity index (χ3n) is 3.78. The molecule has 6 nitrogen and oxygen atoms in total. The third-order valence-corrected chi connectivity index (χ3v) is 3.78. The van der Waals surface area contributed by atoms with Gasteiger partial charge in [0.05, 0.1) is 7.11 Å². The van der Waals surface area contributed by atoms with Gasteiger partial charge in [0, 0.05) is 18.1 Å². The second-order valence-electron chi connectivity index (χ2n) is 5.09. The summed E-state index contributed by atoms with van der Waals surface area (Å²) in [6, 6.07) is 9.35. The average molecular weight is 298 g/mol.